The quantitative estimate of drug-likeness (QED) is 0.651. The first kappa shape index (κ1) is 23.2. The normalized spacial score (nSPS) is 17.6. The zero-order valence-corrected chi connectivity index (χ0v) is 18.6. The average Bonchev–Trinajstić information content (AvgIpc) is 3.12. The third kappa shape index (κ3) is 5.41. The van der Waals surface area contributed by atoms with Crippen molar-refractivity contribution in [2.24, 2.45) is 5.92 Å². The van der Waals surface area contributed by atoms with Crippen LogP contribution >= 0.6 is 11.6 Å². The lowest BCUT2D eigenvalue weighted by atomic mass is 10.1. The Morgan fingerprint density at radius 3 is 2.55 bits per heavy atom. The molecule has 1 fully saturated rings. The molecule has 2 amide bonds. The monoisotopic (exact) mass is 467 g/mol. The summed E-state index contributed by atoms with van der Waals surface area (Å²) in [4.78, 5) is 26.5. The minimum absolute atomic E-state index is 0.00607. The van der Waals surface area contributed by atoms with E-state index >= 15 is 0 Å². The summed E-state index contributed by atoms with van der Waals surface area (Å²) in [5.74, 6) is -1.82. The number of sulfonamides is 1. The Balaban J connectivity index is 1.65. The summed E-state index contributed by atoms with van der Waals surface area (Å²) in [5.41, 5.74) is 0.846. The minimum atomic E-state index is -3.64. The molecular formula is C21H23ClFN3O4S. The van der Waals surface area contributed by atoms with E-state index in [1.54, 1.807) is 6.92 Å². The van der Waals surface area contributed by atoms with E-state index in [9.17, 15) is 22.4 Å². The lowest BCUT2D eigenvalue weighted by Gasteiger charge is -2.17. The van der Waals surface area contributed by atoms with Crippen molar-refractivity contribution in [2.75, 3.05) is 16.8 Å². The van der Waals surface area contributed by atoms with Gasteiger partial charge in [0.2, 0.25) is 21.8 Å². The third-order valence-electron chi connectivity index (χ3n) is 5.11. The standard InChI is InChI=1S/C21H23ClFN3O4S/c1-3-13(2)25-31(29,30)17-7-4-15(5-8-17)24-21(28)14-10-20(27)26(12-14)16-6-9-19(23)18(22)11-16/h4-9,11,13-14,25H,3,10,12H2,1-2H3,(H,24,28). The maximum atomic E-state index is 13.4. The van der Waals surface area contributed by atoms with Crippen LogP contribution in [0, 0.1) is 11.7 Å². The van der Waals surface area contributed by atoms with E-state index in [1.807, 2.05) is 6.92 Å². The van der Waals surface area contributed by atoms with E-state index in [2.05, 4.69) is 10.0 Å². The van der Waals surface area contributed by atoms with Crippen LogP contribution in [0.4, 0.5) is 15.8 Å². The van der Waals surface area contributed by atoms with Crippen molar-refractivity contribution in [1.29, 1.82) is 0 Å². The number of hydrogen-bond donors (Lipinski definition) is 2. The summed E-state index contributed by atoms with van der Waals surface area (Å²) in [6, 6.07) is 9.58. The fourth-order valence-corrected chi connectivity index (χ4v) is 4.67. The number of carbonyl (C=O) groups excluding carboxylic acids is 2. The van der Waals surface area contributed by atoms with Gasteiger partial charge in [0.25, 0.3) is 0 Å². The van der Waals surface area contributed by atoms with Crippen molar-refractivity contribution in [3.05, 3.63) is 53.3 Å². The molecule has 7 nitrogen and oxygen atoms in total. The van der Waals surface area contributed by atoms with Gasteiger partial charge in [0.1, 0.15) is 5.82 Å². The highest BCUT2D eigenvalue weighted by atomic mass is 35.5. The minimum Gasteiger partial charge on any atom is -0.326 e. The number of anilines is 2. The van der Waals surface area contributed by atoms with Gasteiger partial charge in [0.05, 0.1) is 15.8 Å². The van der Waals surface area contributed by atoms with Crippen LogP contribution in [0.3, 0.4) is 0 Å². The summed E-state index contributed by atoms with van der Waals surface area (Å²) in [5, 5.41) is 2.61. The van der Waals surface area contributed by atoms with E-state index in [1.165, 1.54) is 47.4 Å². The summed E-state index contributed by atoms with van der Waals surface area (Å²) >= 11 is 5.79. The molecule has 166 valence electrons. The van der Waals surface area contributed by atoms with Crippen molar-refractivity contribution in [3.8, 4) is 0 Å². The highest BCUT2D eigenvalue weighted by Gasteiger charge is 2.35. The zero-order valence-electron chi connectivity index (χ0n) is 17.1. The molecule has 2 N–H and O–H groups in total. The number of benzene rings is 2. The number of halogens is 2. The van der Waals surface area contributed by atoms with Crippen LogP contribution in [0.2, 0.25) is 5.02 Å². The van der Waals surface area contributed by atoms with Crippen LogP contribution in [0.1, 0.15) is 26.7 Å². The summed E-state index contributed by atoms with van der Waals surface area (Å²) in [7, 11) is -3.64. The number of carbonyl (C=O) groups is 2. The number of hydrogen-bond acceptors (Lipinski definition) is 4. The predicted octanol–water partition coefficient (Wildman–Crippen LogP) is 3.55. The molecule has 0 radical (unpaired) electrons. The largest absolute Gasteiger partial charge is 0.326 e. The molecule has 0 bridgehead atoms. The van der Waals surface area contributed by atoms with Crippen molar-refractivity contribution in [1.82, 2.24) is 4.72 Å². The first-order valence-electron chi connectivity index (χ1n) is 9.79. The second kappa shape index (κ2) is 9.33. The molecule has 0 aromatic heterocycles. The predicted molar refractivity (Wildman–Crippen MR) is 117 cm³/mol. The van der Waals surface area contributed by atoms with Crippen LogP contribution in [0.5, 0.6) is 0 Å². The fourth-order valence-electron chi connectivity index (χ4n) is 3.16. The highest BCUT2D eigenvalue weighted by Crippen LogP contribution is 2.29. The smallest absolute Gasteiger partial charge is 0.240 e. The lowest BCUT2D eigenvalue weighted by molar-refractivity contribution is -0.122. The van der Waals surface area contributed by atoms with Crippen molar-refractivity contribution < 1.29 is 22.4 Å². The Labute approximate surface area is 185 Å². The Morgan fingerprint density at radius 1 is 1.26 bits per heavy atom. The molecule has 1 aliphatic rings. The van der Waals surface area contributed by atoms with Gasteiger partial charge in [-0.3, -0.25) is 9.59 Å². The molecule has 1 heterocycles. The van der Waals surface area contributed by atoms with Gasteiger partial charge in [-0.2, -0.15) is 0 Å². The SMILES string of the molecule is CCC(C)NS(=O)(=O)c1ccc(NC(=O)C2CC(=O)N(c3ccc(F)c(Cl)c3)C2)cc1. The molecule has 1 saturated heterocycles. The molecule has 2 unspecified atom stereocenters. The summed E-state index contributed by atoms with van der Waals surface area (Å²) in [6.45, 7) is 3.79. The van der Waals surface area contributed by atoms with Crippen LogP contribution in [0.25, 0.3) is 0 Å². The number of rotatable bonds is 7. The molecular weight excluding hydrogens is 445 g/mol. The van der Waals surface area contributed by atoms with Gasteiger partial charge in [-0.05, 0) is 55.8 Å². The number of nitrogens with one attached hydrogen (secondary N) is 2. The first-order valence-corrected chi connectivity index (χ1v) is 11.7. The average molecular weight is 468 g/mol. The van der Waals surface area contributed by atoms with Gasteiger partial charge < -0.3 is 10.2 Å². The molecule has 0 spiro atoms. The van der Waals surface area contributed by atoms with Gasteiger partial charge in [-0.1, -0.05) is 18.5 Å². The molecule has 2 aromatic carbocycles. The number of nitrogens with zero attached hydrogens (tertiary/aromatic N) is 1. The van der Waals surface area contributed by atoms with Gasteiger partial charge in [-0.15, -0.1) is 0 Å². The van der Waals surface area contributed by atoms with Crippen LogP contribution in [-0.2, 0) is 19.6 Å². The molecule has 3 rings (SSSR count). The molecule has 2 aromatic rings. The van der Waals surface area contributed by atoms with Gasteiger partial charge in [0, 0.05) is 30.4 Å². The maximum absolute atomic E-state index is 13.4. The Bertz CT molecular complexity index is 1090. The Kier molecular flexibility index (Phi) is 6.98. The fraction of sp³-hybridized carbons (Fsp3) is 0.333. The third-order valence-corrected chi connectivity index (χ3v) is 7.01. The molecule has 1 aliphatic heterocycles. The van der Waals surface area contributed by atoms with Crippen LogP contribution < -0.4 is 14.9 Å². The maximum Gasteiger partial charge on any atom is 0.240 e. The van der Waals surface area contributed by atoms with Gasteiger partial charge >= 0.3 is 0 Å². The Hall–Kier alpha value is -2.49. The van der Waals surface area contributed by atoms with E-state index in [-0.39, 0.29) is 40.7 Å². The number of amides is 2. The second-order valence-corrected chi connectivity index (χ2v) is 9.57. The van der Waals surface area contributed by atoms with E-state index in [4.69, 9.17) is 11.6 Å². The molecule has 10 heteroatoms. The van der Waals surface area contributed by atoms with E-state index in [0.717, 1.165) is 0 Å². The lowest BCUT2D eigenvalue weighted by Crippen LogP contribution is -2.32. The zero-order chi connectivity index (χ0) is 22.8. The van der Waals surface area contributed by atoms with Crippen molar-refractivity contribution in [2.45, 2.75) is 37.6 Å². The van der Waals surface area contributed by atoms with E-state index < -0.39 is 21.8 Å². The van der Waals surface area contributed by atoms with Crippen molar-refractivity contribution >= 4 is 44.8 Å². The van der Waals surface area contributed by atoms with Gasteiger partial charge in [-0.25, -0.2) is 17.5 Å². The van der Waals surface area contributed by atoms with E-state index in [0.29, 0.717) is 17.8 Å². The van der Waals surface area contributed by atoms with Crippen LogP contribution in [-0.4, -0.2) is 32.8 Å². The highest BCUT2D eigenvalue weighted by molar-refractivity contribution is 7.89. The molecule has 31 heavy (non-hydrogen) atoms. The molecule has 2 atom stereocenters. The summed E-state index contributed by atoms with van der Waals surface area (Å²) < 4.78 is 40.6. The Morgan fingerprint density at radius 2 is 1.94 bits per heavy atom. The second-order valence-electron chi connectivity index (χ2n) is 7.45. The van der Waals surface area contributed by atoms with Gasteiger partial charge in [0.15, 0.2) is 0 Å². The first-order chi connectivity index (χ1) is 14.6. The summed E-state index contributed by atoms with van der Waals surface area (Å²) in [6.07, 6.45) is 0.667. The molecule has 0 saturated carbocycles. The topological polar surface area (TPSA) is 95.6 Å². The molecule has 0 aliphatic carbocycles. The van der Waals surface area contributed by atoms with Crippen molar-refractivity contribution in [3.63, 3.8) is 0 Å². The van der Waals surface area contributed by atoms with Crippen LogP contribution in [0.15, 0.2) is 47.4 Å².